The molecule has 3 aromatic rings. The lowest BCUT2D eigenvalue weighted by molar-refractivity contribution is 0.102. The smallest absolute Gasteiger partial charge is 0.256 e. The van der Waals surface area contributed by atoms with E-state index in [0.717, 1.165) is 12.1 Å². The minimum absolute atomic E-state index is 0.0250. The van der Waals surface area contributed by atoms with Crippen LogP contribution in [0.3, 0.4) is 0 Å². The van der Waals surface area contributed by atoms with Gasteiger partial charge in [-0.05, 0) is 38.0 Å². The molecule has 1 N–H and O–H groups in total. The standard InChI is InChI=1S/C19H19F3N4O/c1-9(2)15-7-11(12-8-23-26(10(3)4)18(12)24-15)19(27)25-14-6-5-13(20)16(21)17(14)22/h5-10H,1-4H3,(H,25,27). The van der Waals surface area contributed by atoms with E-state index >= 15 is 0 Å². The minimum Gasteiger partial charge on any atom is -0.319 e. The zero-order valence-corrected chi connectivity index (χ0v) is 15.3. The Morgan fingerprint density at radius 1 is 1.11 bits per heavy atom. The van der Waals surface area contributed by atoms with E-state index < -0.39 is 29.0 Å². The van der Waals surface area contributed by atoms with Gasteiger partial charge in [0.2, 0.25) is 0 Å². The molecule has 0 aliphatic heterocycles. The van der Waals surface area contributed by atoms with Gasteiger partial charge in [0.1, 0.15) is 0 Å². The van der Waals surface area contributed by atoms with Crippen molar-refractivity contribution in [1.29, 1.82) is 0 Å². The van der Waals surface area contributed by atoms with Crippen LogP contribution in [0.25, 0.3) is 11.0 Å². The van der Waals surface area contributed by atoms with Crippen molar-refractivity contribution in [1.82, 2.24) is 14.8 Å². The Morgan fingerprint density at radius 2 is 1.81 bits per heavy atom. The molecular weight excluding hydrogens is 357 g/mol. The van der Waals surface area contributed by atoms with Gasteiger partial charge in [0.25, 0.3) is 5.91 Å². The molecule has 0 radical (unpaired) electrons. The van der Waals surface area contributed by atoms with Crippen LogP contribution in [0.1, 0.15) is 55.7 Å². The number of carbonyl (C=O) groups excluding carboxylic acids is 1. The first-order valence-electron chi connectivity index (χ1n) is 8.53. The second-order valence-electron chi connectivity index (χ2n) is 6.85. The first kappa shape index (κ1) is 18.9. The van der Waals surface area contributed by atoms with Gasteiger partial charge in [-0.15, -0.1) is 0 Å². The number of rotatable bonds is 4. The number of nitrogens with zero attached hydrogens (tertiary/aromatic N) is 3. The Labute approximate surface area is 154 Å². The Kier molecular flexibility index (Phi) is 4.91. The summed E-state index contributed by atoms with van der Waals surface area (Å²) >= 11 is 0. The molecule has 3 rings (SSSR count). The maximum atomic E-state index is 13.9. The van der Waals surface area contributed by atoms with Crippen molar-refractivity contribution in [3.63, 3.8) is 0 Å². The molecule has 8 heteroatoms. The van der Waals surface area contributed by atoms with Gasteiger partial charge in [0.15, 0.2) is 23.1 Å². The number of amides is 1. The zero-order valence-electron chi connectivity index (χ0n) is 15.3. The van der Waals surface area contributed by atoms with Crippen LogP contribution in [-0.4, -0.2) is 20.7 Å². The summed E-state index contributed by atoms with van der Waals surface area (Å²) < 4.78 is 42.1. The van der Waals surface area contributed by atoms with Gasteiger partial charge in [0, 0.05) is 11.7 Å². The van der Waals surface area contributed by atoms with Crippen molar-refractivity contribution < 1.29 is 18.0 Å². The highest BCUT2D eigenvalue weighted by Gasteiger charge is 2.21. The predicted octanol–water partition coefficient (Wildman–Crippen LogP) is 4.81. The van der Waals surface area contributed by atoms with Crippen LogP contribution in [0.15, 0.2) is 24.4 Å². The molecule has 0 unspecified atom stereocenters. The summed E-state index contributed by atoms with van der Waals surface area (Å²) in [7, 11) is 0. The number of aromatic nitrogens is 3. The third kappa shape index (κ3) is 3.39. The minimum atomic E-state index is -1.64. The molecular formula is C19H19F3N4O. The number of pyridine rings is 1. The first-order chi connectivity index (χ1) is 12.7. The number of benzene rings is 1. The van der Waals surface area contributed by atoms with Crippen LogP contribution >= 0.6 is 0 Å². The molecule has 5 nitrogen and oxygen atoms in total. The normalized spacial score (nSPS) is 11.6. The number of fused-ring (bicyclic) bond motifs is 1. The molecule has 1 aromatic carbocycles. The second-order valence-corrected chi connectivity index (χ2v) is 6.85. The molecule has 0 aliphatic rings. The van der Waals surface area contributed by atoms with Crippen LogP contribution in [0.2, 0.25) is 0 Å². The lowest BCUT2D eigenvalue weighted by atomic mass is 10.0. The fourth-order valence-electron chi connectivity index (χ4n) is 2.71. The fraction of sp³-hybridized carbons (Fsp3) is 0.316. The number of hydrogen-bond donors (Lipinski definition) is 1. The summed E-state index contributed by atoms with van der Waals surface area (Å²) in [5.74, 6) is -5.02. The van der Waals surface area contributed by atoms with E-state index in [-0.39, 0.29) is 17.5 Å². The summed E-state index contributed by atoms with van der Waals surface area (Å²) in [6.07, 6.45) is 1.52. The quantitative estimate of drug-likeness (QED) is 0.665. The van der Waals surface area contributed by atoms with Crippen LogP contribution in [0.4, 0.5) is 18.9 Å². The van der Waals surface area contributed by atoms with Gasteiger partial charge in [-0.2, -0.15) is 5.10 Å². The summed E-state index contributed by atoms with van der Waals surface area (Å²) in [6, 6.07) is 3.36. The molecule has 0 aliphatic carbocycles. The van der Waals surface area contributed by atoms with Crippen molar-refractivity contribution >= 4 is 22.6 Å². The molecule has 2 aromatic heterocycles. The summed E-state index contributed by atoms with van der Waals surface area (Å²) in [4.78, 5) is 17.4. The molecule has 1 amide bonds. The zero-order chi connectivity index (χ0) is 19.9. The molecule has 142 valence electrons. The van der Waals surface area contributed by atoms with E-state index in [0.29, 0.717) is 16.7 Å². The largest absolute Gasteiger partial charge is 0.319 e. The molecule has 0 spiro atoms. The Bertz CT molecular complexity index is 1030. The molecule has 0 fully saturated rings. The molecule has 0 atom stereocenters. The monoisotopic (exact) mass is 376 g/mol. The van der Waals surface area contributed by atoms with Crippen molar-refractivity contribution in [3.05, 3.63) is 53.1 Å². The first-order valence-corrected chi connectivity index (χ1v) is 8.53. The summed E-state index contributed by atoms with van der Waals surface area (Å²) in [6.45, 7) is 7.74. The number of nitrogens with one attached hydrogen (secondary N) is 1. The molecule has 0 saturated carbocycles. The highest BCUT2D eigenvalue weighted by molar-refractivity contribution is 6.12. The molecule has 2 heterocycles. The van der Waals surface area contributed by atoms with Gasteiger partial charge in [-0.1, -0.05) is 13.8 Å². The second kappa shape index (κ2) is 7.02. The third-order valence-electron chi connectivity index (χ3n) is 4.20. The van der Waals surface area contributed by atoms with Crippen molar-refractivity contribution in [2.75, 3.05) is 5.32 Å². The van der Waals surface area contributed by atoms with Crippen LogP contribution in [0, 0.1) is 17.5 Å². The van der Waals surface area contributed by atoms with Crippen molar-refractivity contribution in [3.8, 4) is 0 Å². The van der Waals surface area contributed by atoms with Crippen LogP contribution in [-0.2, 0) is 0 Å². The Hall–Kier alpha value is -2.90. The topological polar surface area (TPSA) is 59.8 Å². The highest BCUT2D eigenvalue weighted by Crippen LogP contribution is 2.26. The highest BCUT2D eigenvalue weighted by atomic mass is 19.2. The maximum Gasteiger partial charge on any atom is 0.256 e. The molecule has 27 heavy (non-hydrogen) atoms. The van der Waals surface area contributed by atoms with Gasteiger partial charge in [-0.25, -0.2) is 22.8 Å². The van der Waals surface area contributed by atoms with E-state index in [9.17, 15) is 18.0 Å². The SMILES string of the molecule is CC(C)c1cc(C(=O)Nc2ccc(F)c(F)c2F)c2cnn(C(C)C)c2n1. The van der Waals surface area contributed by atoms with Crippen LogP contribution in [0.5, 0.6) is 0 Å². The molecule has 0 saturated heterocycles. The lowest BCUT2D eigenvalue weighted by Crippen LogP contribution is -2.15. The van der Waals surface area contributed by atoms with Crippen molar-refractivity contribution in [2.24, 2.45) is 0 Å². The van der Waals surface area contributed by atoms with E-state index in [1.54, 1.807) is 10.7 Å². The average Bonchev–Trinajstić information content (AvgIpc) is 3.05. The average molecular weight is 376 g/mol. The number of carbonyl (C=O) groups is 1. The molecule has 0 bridgehead atoms. The maximum absolute atomic E-state index is 13.9. The van der Waals surface area contributed by atoms with Gasteiger partial charge >= 0.3 is 0 Å². The number of hydrogen-bond acceptors (Lipinski definition) is 3. The summed E-state index contributed by atoms with van der Waals surface area (Å²) in [5.41, 5.74) is 0.999. The fourth-order valence-corrected chi connectivity index (χ4v) is 2.71. The third-order valence-corrected chi connectivity index (χ3v) is 4.20. The van der Waals surface area contributed by atoms with E-state index in [4.69, 9.17) is 0 Å². The van der Waals surface area contributed by atoms with Gasteiger partial charge in [0.05, 0.1) is 22.8 Å². The Morgan fingerprint density at radius 3 is 2.44 bits per heavy atom. The van der Waals surface area contributed by atoms with Gasteiger partial charge < -0.3 is 5.32 Å². The predicted molar refractivity (Wildman–Crippen MR) is 96.3 cm³/mol. The van der Waals surface area contributed by atoms with Gasteiger partial charge in [-0.3, -0.25) is 4.79 Å². The van der Waals surface area contributed by atoms with Crippen LogP contribution < -0.4 is 5.32 Å². The van der Waals surface area contributed by atoms with E-state index in [1.165, 1.54) is 6.20 Å². The van der Waals surface area contributed by atoms with Crippen molar-refractivity contribution in [2.45, 2.75) is 39.7 Å². The summed E-state index contributed by atoms with van der Waals surface area (Å²) in [5, 5.41) is 7.08. The Balaban J connectivity index is 2.10. The number of anilines is 1. The number of halogens is 3. The lowest BCUT2D eigenvalue weighted by Gasteiger charge is -2.13. The van der Waals surface area contributed by atoms with E-state index in [2.05, 4.69) is 15.4 Å². The van der Waals surface area contributed by atoms with E-state index in [1.807, 2.05) is 27.7 Å².